The van der Waals surface area contributed by atoms with Crippen molar-refractivity contribution in [2.45, 2.75) is 38.8 Å². The first kappa shape index (κ1) is 15.3. The van der Waals surface area contributed by atoms with Gasteiger partial charge in [0.1, 0.15) is 5.75 Å². The Morgan fingerprint density at radius 2 is 2.05 bits per heavy atom. The summed E-state index contributed by atoms with van der Waals surface area (Å²) in [5.41, 5.74) is 8.02. The molecular formula is C16H27N3O. The number of ether oxygens (including phenoxy) is 1. The minimum Gasteiger partial charge on any atom is -0.493 e. The van der Waals surface area contributed by atoms with E-state index in [4.69, 9.17) is 4.74 Å². The minimum absolute atomic E-state index is 0.287. The van der Waals surface area contributed by atoms with Gasteiger partial charge < -0.3 is 10.1 Å². The van der Waals surface area contributed by atoms with E-state index in [0.29, 0.717) is 12.0 Å². The normalized spacial score (nSPS) is 25.9. The van der Waals surface area contributed by atoms with Crippen molar-refractivity contribution in [2.75, 3.05) is 20.2 Å². The molecular weight excluding hydrogens is 250 g/mol. The second kappa shape index (κ2) is 7.62. The summed E-state index contributed by atoms with van der Waals surface area (Å²) in [6.07, 6.45) is 2.26. The molecule has 0 aliphatic carbocycles. The van der Waals surface area contributed by atoms with Crippen LogP contribution in [0.15, 0.2) is 24.3 Å². The molecule has 0 aromatic heterocycles. The zero-order valence-electron chi connectivity index (χ0n) is 12.8. The van der Waals surface area contributed by atoms with E-state index >= 15 is 0 Å². The smallest absolute Gasteiger partial charge is 0.124 e. The number of benzene rings is 1. The Labute approximate surface area is 122 Å². The Hall–Kier alpha value is -1.10. The van der Waals surface area contributed by atoms with Gasteiger partial charge in [0.05, 0.1) is 12.6 Å². The van der Waals surface area contributed by atoms with Crippen molar-refractivity contribution in [2.24, 2.45) is 5.92 Å². The molecule has 1 heterocycles. The lowest BCUT2D eigenvalue weighted by molar-refractivity contribution is 0.299. The second-order valence-electron chi connectivity index (χ2n) is 5.52. The van der Waals surface area contributed by atoms with E-state index in [2.05, 4.69) is 48.2 Å². The van der Waals surface area contributed by atoms with Crippen LogP contribution in [-0.4, -0.2) is 26.2 Å². The summed E-state index contributed by atoms with van der Waals surface area (Å²) in [5.74, 6) is 1.52. The highest BCUT2D eigenvalue weighted by molar-refractivity contribution is 5.37. The van der Waals surface area contributed by atoms with Crippen LogP contribution >= 0.6 is 0 Å². The van der Waals surface area contributed by atoms with Crippen molar-refractivity contribution in [3.05, 3.63) is 29.8 Å². The van der Waals surface area contributed by atoms with Crippen molar-refractivity contribution in [1.29, 1.82) is 0 Å². The molecule has 1 saturated heterocycles. The van der Waals surface area contributed by atoms with E-state index in [1.807, 2.05) is 13.1 Å². The molecule has 1 aromatic rings. The lowest BCUT2D eigenvalue weighted by Crippen LogP contribution is -2.31. The predicted octanol–water partition coefficient (Wildman–Crippen LogP) is 2.24. The van der Waals surface area contributed by atoms with Crippen LogP contribution < -0.4 is 20.9 Å². The first-order valence-electron chi connectivity index (χ1n) is 7.65. The molecule has 112 valence electrons. The molecule has 0 radical (unpaired) electrons. The molecule has 2 rings (SSSR count). The largest absolute Gasteiger partial charge is 0.493 e. The second-order valence-corrected chi connectivity index (χ2v) is 5.52. The van der Waals surface area contributed by atoms with E-state index in [0.717, 1.165) is 31.7 Å². The van der Waals surface area contributed by atoms with Gasteiger partial charge in [-0.25, -0.2) is 5.43 Å². The van der Waals surface area contributed by atoms with Crippen molar-refractivity contribution in [3.8, 4) is 5.75 Å². The molecule has 0 amide bonds. The Bertz CT molecular complexity index is 410. The fourth-order valence-electron chi connectivity index (χ4n) is 2.76. The number of hydrazine groups is 1. The van der Waals surface area contributed by atoms with E-state index in [1.54, 1.807) is 0 Å². The zero-order chi connectivity index (χ0) is 14.4. The van der Waals surface area contributed by atoms with Crippen LogP contribution in [0, 0.1) is 5.92 Å². The number of hydrogen-bond donors (Lipinski definition) is 3. The zero-order valence-corrected chi connectivity index (χ0v) is 12.8. The molecule has 0 spiro atoms. The number of hydrogen-bond acceptors (Lipinski definition) is 4. The summed E-state index contributed by atoms with van der Waals surface area (Å²) in [4.78, 5) is 0. The Kier molecular flexibility index (Phi) is 5.83. The summed E-state index contributed by atoms with van der Waals surface area (Å²) in [6, 6.07) is 9.10. The molecule has 3 atom stereocenters. The molecule has 0 saturated carbocycles. The molecule has 20 heavy (non-hydrogen) atoms. The molecule has 3 N–H and O–H groups in total. The first-order valence-corrected chi connectivity index (χ1v) is 7.65. The topological polar surface area (TPSA) is 45.3 Å². The van der Waals surface area contributed by atoms with Crippen molar-refractivity contribution >= 4 is 0 Å². The summed E-state index contributed by atoms with van der Waals surface area (Å²) < 4.78 is 5.96. The third-order valence-corrected chi connectivity index (χ3v) is 3.99. The average molecular weight is 277 g/mol. The Morgan fingerprint density at radius 3 is 2.80 bits per heavy atom. The Morgan fingerprint density at radius 1 is 1.25 bits per heavy atom. The third kappa shape index (κ3) is 3.51. The van der Waals surface area contributed by atoms with Gasteiger partial charge in [0.15, 0.2) is 0 Å². The third-order valence-electron chi connectivity index (χ3n) is 3.99. The minimum atomic E-state index is 0.287. The highest BCUT2D eigenvalue weighted by Crippen LogP contribution is 2.34. The number of para-hydroxylation sites is 1. The fraction of sp³-hybridized carbons (Fsp3) is 0.625. The van der Waals surface area contributed by atoms with Gasteiger partial charge in [-0.05, 0) is 26.5 Å². The maximum atomic E-state index is 5.96. The van der Waals surface area contributed by atoms with Crippen LogP contribution in [-0.2, 0) is 0 Å². The van der Waals surface area contributed by atoms with Gasteiger partial charge in [-0.3, -0.25) is 5.43 Å². The lowest BCUT2D eigenvalue weighted by atomic mass is 9.89. The Balaban J connectivity index is 2.14. The van der Waals surface area contributed by atoms with Gasteiger partial charge in [-0.1, -0.05) is 31.5 Å². The van der Waals surface area contributed by atoms with Gasteiger partial charge in [-0.15, -0.1) is 0 Å². The number of rotatable bonds is 7. The first-order chi connectivity index (χ1) is 9.77. The standard InChI is InChI=1S/C16H27N3O/c1-4-5-10-20-15-9-7-6-8-13(15)16-14(11-17-3)12(2)18-19-16/h6-9,12,14,16-19H,4-5,10-11H2,1-3H3. The molecule has 1 aliphatic heterocycles. The van der Waals surface area contributed by atoms with Crippen LogP contribution in [0.25, 0.3) is 0 Å². The van der Waals surface area contributed by atoms with E-state index in [1.165, 1.54) is 5.56 Å². The van der Waals surface area contributed by atoms with E-state index in [-0.39, 0.29) is 6.04 Å². The van der Waals surface area contributed by atoms with Crippen molar-refractivity contribution in [1.82, 2.24) is 16.2 Å². The van der Waals surface area contributed by atoms with E-state index in [9.17, 15) is 0 Å². The van der Waals surface area contributed by atoms with Crippen LogP contribution in [0.3, 0.4) is 0 Å². The monoisotopic (exact) mass is 277 g/mol. The quantitative estimate of drug-likeness (QED) is 0.669. The predicted molar refractivity (Wildman–Crippen MR) is 82.7 cm³/mol. The van der Waals surface area contributed by atoms with Gasteiger partial charge in [0.25, 0.3) is 0 Å². The van der Waals surface area contributed by atoms with Gasteiger partial charge in [0.2, 0.25) is 0 Å². The van der Waals surface area contributed by atoms with Gasteiger partial charge >= 0.3 is 0 Å². The summed E-state index contributed by atoms with van der Waals surface area (Å²) in [5, 5.41) is 3.29. The van der Waals surface area contributed by atoms with Crippen LogP contribution in [0.2, 0.25) is 0 Å². The maximum absolute atomic E-state index is 5.96. The molecule has 1 fully saturated rings. The maximum Gasteiger partial charge on any atom is 0.124 e. The average Bonchev–Trinajstić information content (AvgIpc) is 2.82. The van der Waals surface area contributed by atoms with Crippen molar-refractivity contribution < 1.29 is 4.74 Å². The summed E-state index contributed by atoms with van der Waals surface area (Å²) >= 11 is 0. The van der Waals surface area contributed by atoms with Gasteiger partial charge in [0, 0.05) is 24.1 Å². The molecule has 3 unspecified atom stereocenters. The van der Waals surface area contributed by atoms with E-state index < -0.39 is 0 Å². The van der Waals surface area contributed by atoms with Crippen LogP contribution in [0.1, 0.15) is 38.3 Å². The number of nitrogens with one attached hydrogen (secondary N) is 3. The molecule has 1 aromatic carbocycles. The number of unbranched alkanes of at least 4 members (excludes halogenated alkanes) is 1. The highest BCUT2D eigenvalue weighted by Gasteiger charge is 2.34. The molecule has 1 aliphatic rings. The molecule has 4 nitrogen and oxygen atoms in total. The van der Waals surface area contributed by atoms with Crippen molar-refractivity contribution in [3.63, 3.8) is 0 Å². The SMILES string of the molecule is CCCCOc1ccccc1C1NNC(C)C1CNC. The van der Waals surface area contributed by atoms with Crippen LogP contribution in [0.5, 0.6) is 5.75 Å². The molecule has 4 heteroatoms. The highest BCUT2D eigenvalue weighted by atomic mass is 16.5. The lowest BCUT2D eigenvalue weighted by Gasteiger charge is -2.23. The molecule has 0 bridgehead atoms. The van der Waals surface area contributed by atoms with Crippen LogP contribution in [0.4, 0.5) is 0 Å². The van der Waals surface area contributed by atoms with Gasteiger partial charge in [-0.2, -0.15) is 0 Å². The fourth-order valence-corrected chi connectivity index (χ4v) is 2.76. The summed E-state index contributed by atoms with van der Waals surface area (Å²) in [7, 11) is 2.01. The summed E-state index contributed by atoms with van der Waals surface area (Å²) in [6.45, 7) is 6.17.